The average Bonchev–Trinajstić information content (AvgIpc) is 2.45. The van der Waals surface area contributed by atoms with E-state index in [4.69, 9.17) is 0 Å². The topological polar surface area (TPSA) is 62.3 Å². The smallest absolute Gasteiger partial charge is 0.242 e. The van der Waals surface area contributed by atoms with Crippen LogP contribution in [-0.2, 0) is 10.0 Å². The maximum Gasteiger partial charge on any atom is 0.242 e. The van der Waals surface area contributed by atoms with Crippen LogP contribution in [0.2, 0.25) is 0 Å². The molecule has 1 fully saturated rings. The van der Waals surface area contributed by atoms with Crippen molar-refractivity contribution in [2.24, 2.45) is 0 Å². The van der Waals surface area contributed by atoms with Gasteiger partial charge in [-0.15, -0.1) is 0 Å². The molecular weight excluding hydrogens is 342 g/mol. The molecule has 0 radical (unpaired) electrons. The highest BCUT2D eigenvalue weighted by Gasteiger charge is 2.15. The van der Waals surface area contributed by atoms with E-state index in [1.54, 1.807) is 12.3 Å². The van der Waals surface area contributed by atoms with Gasteiger partial charge >= 0.3 is 0 Å². The summed E-state index contributed by atoms with van der Waals surface area (Å²) in [6, 6.07) is 1.56. The Morgan fingerprint density at radius 1 is 1.25 bits per heavy atom. The van der Waals surface area contributed by atoms with Crippen LogP contribution in [0.3, 0.4) is 0 Å². The molecule has 0 aliphatic carbocycles. The van der Waals surface area contributed by atoms with Gasteiger partial charge in [-0.05, 0) is 60.9 Å². The van der Waals surface area contributed by atoms with Crippen molar-refractivity contribution in [1.29, 1.82) is 0 Å². The molecule has 1 aliphatic heterocycles. The summed E-state index contributed by atoms with van der Waals surface area (Å²) in [5.41, 5.74) is 0. The van der Waals surface area contributed by atoms with Crippen LogP contribution in [0.1, 0.15) is 25.7 Å². The molecule has 5 nitrogen and oxygen atoms in total. The molecule has 1 aliphatic rings. The molecule has 0 atom stereocenters. The van der Waals surface area contributed by atoms with Gasteiger partial charge in [-0.3, -0.25) is 4.98 Å². The highest BCUT2D eigenvalue weighted by molar-refractivity contribution is 9.10. The van der Waals surface area contributed by atoms with E-state index in [9.17, 15) is 8.42 Å². The van der Waals surface area contributed by atoms with Crippen LogP contribution < -0.4 is 4.72 Å². The van der Waals surface area contributed by atoms with E-state index in [0.717, 1.165) is 26.1 Å². The molecule has 112 valence electrons. The van der Waals surface area contributed by atoms with E-state index in [-0.39, 0.29) is 4.90 Å². The zero-order valence-corrected chi connectivity index (χ0v) is 13.8. The summed E-state index contributed by atoms with van der Waals surface area (Å²) in [5, 5.41) is 0. The SMILES string of the molecule is O=S(=O)(NCCCN1CCCCC1)c1cncc(Br)c1. The summed E-state index contributed by atoms with van der Waals surface area (Å²) in [5.74, 6) is 0. The lowest BCUT2D eigenvalue weighted by Crippen LogP contribution is -2.33. The van der Waals surface area contributed by atoms with Gasteiger partial charge in [-0.1, -0.05) is 6.42 Å². The second-order valence-corrected chi connectivity index (χ2v) is 7.68. The Balaban J connectivity index is 1.78. The molecule has 0 unspecified atom stereocenters. The van der Waals surface area contributed by atoms with Crippen molar-refractivity contribution in [2.75, 3.05) is 26.2 Å². The predicted octanol–water partition coefficient (Wildman–Crippen LogP) is 2.00. The molecular formula is C13H20BrN3O2S. The predicted molar refractivity (Wildman–Crippen MR) is 82.0 cm³/mol. The molecule has 1 aromatic rings. The number of nitrogens with one attached hydrogen (secondary N) is 1. The van der Waals surface area contributed by atoms with Crippen molar-refractivity contribution >= 4 is 26.0 Å². The number of pyridine rings is 1. The number of rotatable bonds is 6. The molecule has 1 saturated heterocycles. The molecule has 2 heterocycles. The van der Waals surface area contributed by atoms with Gasteiger partial charge in [0.2, 0.25) is 10.0 Å². The van der Waals surface area contributed by atoms with Gasteiger partial charge < -0.3 is 4.90 Å². The summed E-state index contributed by atoms with van der Waals surface area (Å²) in [7, 11) is -3.45. The lowest BCUT2D eigenvalue weighted by molar-refractivity contribution is 0.227. The van der Waals surface area contributed by atoms with Crippen molar-refractivity contribution in [2.45, 2.75) is 30.6 Å². The molecule has 2 rings (SSSR count). The zero-order chi connectivity index (χ0) is 14.4. The van der Waals surface area contributed by atoms with Gasteiger partial charge in [-0.2, -0.15) is 0 Å². The summed E-state index contributed by atoms with van der Waals surface area (Å²) in [6.07, 6.45) is 7.59. The molecule has 20 heavy (non-hydrogen) atoms. The van der Waals surface area contributed by atoms with Crippen LogP contribution in [0, 0.1) is 0 Å². The van der Waals surface area contributed by atoms with Crippen LogP contribution in [0.4, 0.5) is 0 Å². The largest absolute Gasteiger partial charge is 0.303 e. The van der Waals surface area contributed by atoms with E-state index < -0.39 is 10.0 Å². The van der Waals surface area contributed by atoms with Gasteiger partial charge in [-0.25, -0.2) is 13.1 Å². The summed E-state index contributed by atoms with van der Waals surface area (Å²) in [6.45, 7) is 3.70. The van der Waals surface area contributed by atoms with Crippen molar-refractivity contribution in [1.82, 2.24) is 14.6 Å². The molecule has 1 N–H and O–H groups in total. The standard InChI is InChI=1S/C13H20BrN3O2S/c14-12-9-13(11-15-10-12)20(18,19)16-5-4-8-17-6-2-1-3-7-17/h9-11,16H,1-8H2. The third-order valence-corrected chi connectivity index (χ3v) is 5.24. The molecule has 1 aromatic heterocycles. The first-order valence-corrected chi connectivity index (χ1v) is 9.18. The van der Waals surface area contributed by atoms with Crippen LogP contribution in [-0.4, -0.2) is 44.5 Å². The quantitative estimate of drug-likeness (QED) is 0.787. The Bertz CT molecular complexity index is 530. The van der Waals surface area contributed by atoms with Crippen molar-refractivity contribution in [3.05, 3.63) is 22.9 Å². The van der Waals surface area contributed by atoms with E-state index in [0.29, 0.717) is 11.0 Å². The van der Waals surface area contributed by atoms with Gasteiger partial charge in [0.05, 0.1) is 0 Å². The Hall–Kier alpha value is -0.500. The number of piperidine rings is 1. The number of sulfonamides is 1. The van der Waals surface area contributed by atoms with Crippen LogP contribution in [0.15, 0.2) is 27.8 Å². The molecule has 7 heteroatoms. The van der Waals surface area contributed by atoms with Crippen LogP contribution >= 0.6 is 15.9 Å². The lowest BCUT2D eigenvalue weighted by Gasteiger charge is -2.26. The highest BCUT2D eigenvalue weighted by Crippen LogP contribution is 2.14. The molecule has 0 bridgehead atoms. The number of likely N-dealkylation sites (tertiary alicyclic amines) is 1. The number of hydrogen-bond acceptors (Lipinski definition) is 4. The summed E-state index contributed by atoms with van der Waals surface area (Å²) < 4.78 is 27.4. The molecule has 0 amide bonds. The van der Waals surface area contributed by atoms with Gasteiger partial charge in [0.1, 0.15) is 4.90 Å². The first-order valence-electron chi connectivity index (χ1n) is 6.90. The van der Waals surface area contributed by atoms with E-state index >= 15 is 0 Å². The fourth-order valence-corrected chi connectivity index (χ4v) is 3.89. The lowest BCUT2D eigenvalue weighted by atomic mass is 10.1. The monoisotopic (exact) mass is 361 g/mol. The minimum absolute atomic E-state index is 0.199. The van der Waals surface area contributed by atoms with Crippen molar-refractivity contribution < 1.29 is 8.42 Å². The number of hydrogen-bond donors (Lipinski definition) is 1. The third kappa shape index (κ3) is 4.80. The zero-order valence-electron chi connectivity index (χ0n) is 11.4. The second kappa shape index (κ2) is 7.49. The number of nitrogens with zero attached hydrogens (tertiary/aromatic N) is 2. The fraction of sp³-hybridized carbons (Fsp3) is 0.615. The van der Waals surface area contributed by atoms with E-state index in [2.05, 4.69) is 30.5 Å². The minimum atomic E-state index is -3.45. The Morgan fingerprint density at radius 2 is 2.00 bits per heavy atom. The first kappa shape index (κ1) is 15.9. The van der Waals surface area contributed by atoms with Crippen molar-refractivity contribution in [3.63, 3.8) is 0 Å². The van der Waals surface area contributed by atoms with E-state index in [1.165, 1.54) is 25.5 Å². The van der Waals surface area contributed by atoms with Gasteiger partial charge in [0.25, 0.3) is 0 Å². The minimum Gasteiger partial charge on any atom is -0.303 e. The van der Waals surface area contributed by atoms with Gasteiger partial charge in [0, 0.05) is 23.4 Å². The Labute approximate surface area is 129 Å². The maximum atomic E-state index is 12.0. The first-order chi connectivity index (χ1) is 9.58. The molecule has 0 aromatic carbocycles. The third-order valence-electron chi connectivity index (χ3n) is 3.38. The summed E-state index contributed by atoms with van der Waals surface area (Å²) >= 11 is 3.23. The van der Waals surface area contributed by atoms with Crippen molar-refractivity contribution in [3.8, 4) is 0 Å². The second-order valence-electron chi connectivity index (χ2n) is 4.99. The highest BCUT2D eigenvalue weighted by atomic mass is 79.9. The maximum absolute atomic E-state index is 12.0. The summed E-state index contributed by atoms with van der Waals surface area (Å²) in [4.78, 5) is 6.48. The molecule has 0 saturated carbocycles. The number of halogens is 1. The van der Waals surface area contributed by atoms with Gasteiger partial charge in [0.15, 0.2) is 0 Å². The van der Waals surface area contributed by atoms with Crippen LogP contribution in [0.5, 0.6) is 0 Å². The Morgan fingerprint density at radius 3 is 2.70 bits per heavy atom. The normalized spacial score (nSPS) is 17.2. The van der Waals surface area contributed by atoms with E-state index in [1.807, 2.05) is 0 Å². The number of aromatic nitrogens is 1. The fourth-order valence-electron chi connectivity index (χ4n) is 2.31. The average molecular weight is 362 g/mol. The molecule has 0 spiro atoms. The van der Waals surface area contributed by atoms with Crippen LogP contribution in [0.25, 0.3) is 0 Å². The Kier molecular flexibility index (Phi) is 5.95.